The predicted octanol–water partition coefficient (Wildman–Crippen LogP) is 3.29. The molecular formula is C14H19NO4. The van der Waals surface area contributed by atoms with Crippen LogP contribution in [0.4, 0.5) is 5.69 Å². The van der Waals surface area contributed by atoms with Crippen LogP contribution < -0.4 is 0 Å². The number of nitro benzene ring substituents is 1. The van der Waals surface area contributed by atoms with Crippen molar-refractivity contribution in [3.8, 4) is 0 Å². The SMILES string of the molecule is CC(C)COC(=O)CC(C)c1ccc([N+](=O)[O-])cc1. The predicted molar refractivity (Wildman–Crippen MR) is 71.9 cm³/mol. The second-order valence-electron chi connectivity index (χ2n) is 5.03. The lowest BCUT2D eigenvalue weighted by Gasteiger charge is -2.12. The highest BCUT2D eigenvalue weighted by Crippen LogP contribution is 2.22. The fourth-order valence-electron chi connectivity index (χ4n) is 1.61. The molecule has 0 saturated carbocycles. The molecule has 1 aromatic rings. The molecule has 0 spiro atoms. The Morgan fingerprint density at radius 2 is 1.84 bits per heavy atom. The van der Waals surface area contributed by atoms with Gasteiger partial charge in [0.05, 0.1) is 18.0 Å². The van der Waals surface area contributed by atoms with Gasteiger partial charge in [-0.25, -0.2) is 0 Å². The Morgan fingerprint density at radius 3 is 2.32 bits per heavy atom. The lowest BCUT2D eigenvalue weighted by atomic mass is 9.98. The van der Waals surface area contributed by atoms with Crippen LogP contribution in [0.25, 0.3) is 0 Å². The van der Waals surface area contributed by atoms with Gasteiger partial charge in [-0.1, -0.05) is 32.9 Å². The van der Waals surface area contributed by atoms with E-state index in [9.17, 15) is 14.9 Å². The second kappa shape index (κ2) is 6.87. The topological polar surface area (TPSA) is 69.4 Å². The van der Waals surface area contributed by atoms with Gasteiger partial charge in [0, 0.05) is 12.1 Å². The molecule has 0 aliphatic carbocycles. The van der Waals surface area contributed by atoms with Gasteiger partial charge in [-0.15, -0.1) is 0 Å². The van der Waals surface area contributed by atoms with Gasteiger partial charge < -0.3 is 4.74 Å². The molecule has 104 valence electrons. The lowest BCUT2D eigenvalue weighted by Crippen LogP contribution is -2.12. The molecule has 19 heavy (non-hydrogen) atoms. The maximum Gasteiger partial charge on any atom is 0.306 e. The third kappa shape index (κ3) is 5.07. The number of ether oxygens (including phenoxy) is 1. The number of rotatable bonds is 6. The van der Waals surface area contributed by atoms with Crippen molar-refractivity contribution < 1.29 is 14.5 Å². The summed E-state index contributed by atoms with van der Waals surface area (Å²) in [6.07, 6.45) is 0.282. The number of benzene rings is 1. The molecule has 0 amide bonds. The molecule has 1 aromatic carbocycles. The van der Waals surface area contributed by atoms with E-state index < -0.39 is 4.92 Å². The van der Waals surface area contributed by atoms with Crippen molar-refractivity contribution >= 4 is 11.7 Å². The van der Waals surface area contributed by atoms with Crippen molar-refractivity contribution in [2.45, 2.75) is 33.1 Å². The summed E-state index contributed by atoms with van der Waals surface area (Å²) in [6, 6.07) is 6.26. The molecule has 1 unspecified atom stereocenters. The molecule has 0 saturated heterocycles. The van der Waals surface area contributed by atoms with Crippen LogP contribution in [0.1, 0.15) is 38.7 Å². The van der Waals surface area contributed by atoms with Crippen LogP contribution in [0.2, 0.25) is 0 Å². The minimum absolute atomic E-state index is 0.0135. The lowest BCUT2D eigenvalue weighted by molar-refractivity contribution is -0.384. The zero-order valence-electron chi connectivity index (χ0n) is 11.5. The van der Waals surface area contributed by atoms with Gasteiger partial charge in [0.2, 0.25) is 0 Å². The monoisotopic (exact) mass is 265 g/mol. The third-order valence-corrected chi connectivity index (χ3v) is 2.72. The maximum absolute atomic E-state index is 11.6. The molecule has 0 bridgehead atoms. The third-order valence-electron chi connectivity index (χ3n) is 2.72. The molecule has 0 fully saturated rings. The van der Waals surface area contributed by atoms with Gasteiger partial charge in [-0.05, 0) is 17.4 Å². The molecule has 0 aliphatic heterocycles. The summed E-state index contributed by atoms with van der Waals surface area (Å²) in [7, 11) is 0. The summed E-state index contributed by atoms with van der Waals surface area (Å²) in [6.45, 7) is 6.28. The molecule has 0 aliphatic rings. The Labute approximate surface area is 112 Å². The van der Waals surface area contributed by atoms with Crippen LogP contribution >= 0.6 is 0 Å². The summed E-state index contributed by atoms with van der Waals surface area (Å²) >= 11 is 0. The van der Waals surface area contributed by atoms with Crippen molar-refractivity contribution in [3.63, 3.8) is 0 Å². The molecule has 0 heterocycles. The molecule has 0 aromatic heterocycles. The first kappa shape index (κ1) is 15.1. The van der Waals surface area contributed by atoms with Crippen molar-refractivity contribution in [2.24, 2.45) is 5.92 Å². The van der Waals surface area contributed by atoms with Crippen LogP contribution in [0.5, 0.6) is 0 Å². The van der Waals surface area contributed by atoms with Crippen LogP contribution in [0.15, 0.2) is 24.3 Å². The standard InChI is InChI=1S/C14H19NO4/c1-10(2)9-19-14(16)8-11(3)12-4-6-13(7-5-12)15(17)18/h4-7,10-11H,8-9H2,1-3H3. The normalized spacial score (nSPS) is 12.2. The fourth-order valence-corrected chi connectivity index (χ4v) is 1.61. The molecule has 1 atom stereocenters. The van der Waals surface area contributed by atoms with E-state index in [0.29, 0.717) is 12.5 Å². The van der Waals surface area contributed by atoms with Crippen LogP contribution in [0, 0.1) is 16.0 Å². The fraction of sp³-hybridized carbons (Fsp3) is 0.500. The summed E-state index contributed by atoms with van der Waals surface area (Å²) in [5, 5.41) is 10.5. The van der Waals surface area contributed by atoms with Crippen LogP contribution in [-0.4, -0.2) is 17.5 Å². The number of carbonyl (C=O) groups is 1. The minimum atomic E-state index is -0.439. The van der Waals surface area contributed by atoms with E-state index in [1.165, 1.54) is 12.1 Å². The van der Waals surface area contributed by atoms with Gasteiger partial charge >= 0.3 is 5.97 Å². The summed E-state index contributed by atoms with van der Waals surface area (Å²) in [5.74, 6) is 0.0682. The largest absolute Gasteiger partial charge is 0.465 e. The van der Waals surface area contributed by atoms with Crippen molar-refractivity contribution in [2.75, 3.05) is 6.61 Å². The highest BCUT2D eigenvalue weighted by atomic mass is 16.6. The van der Waals surface area contributed by atoms with E-state index in [1.807, 2.05) is 20.8 Å². The minimum Gasteiger partial charge on any atom is -0.465 e. The van der Waals surface area contributed by atoms with E-state index >= 15 is 0 Å². The van der Waals surface area contributed by atoms with E-state index in [2.05, 4.69) is 0 Å². The number of esters is 1. The maximum atomic E-state index is 11.6. The highest BCUT2D eigenvalue weighted by molar-refractivity contribution is 5.70. The molecule has 5 heteroatoms. The second-order valence-corrected chi connectivity index (χ2v) is 5.03. The Bertz CT molecular complexity index is 439. The van der Waals surface area contributed by atoms with Gasteiger partial charge in [-0.2, -0.15) is 0 Å². The number of carbonyl (C=O) groups excluding carboxylic acids is 1. The smallest absolute Gasteiger partial charge is 0.306 e. The van der Waals surface area contributed by atoms with Gasteiger partial charge in [0.1, 0.15) is 0 Å². The Balaban J connectivity index is 2.55. The van der Waals surface area contributed by atoms with Gasteiger partial charge in [0.15, 0.2) is 0 Å². The molecular weight excluding hydrogens is 246 g/mol. The first-order valence-electron chi connectivity index (χ1n) is 6.30. The van der Waals surface area contributed by atoms with Crippen molar-refractivity contribution in [3.05, 3.63) is 39.9 Å². The van der Waals surface area contributed by atoms with Crippen LogP contribution in [0.3, 0.4) is 0 Å². The Hall–Kier alpha value is -1.91. The number of nitrogens with zero attached hydrogens (tertiary/aromatic N) is 1. The van der Waals surface area contributed by atoms with Gasteiger partial charge in [0.25, 0.3) is 5.69 Å². The van der Waals surface area contributed by atoms with E-state index in [4.69, 9.17) is 4.74 Å². The number of hydrogen-bond donors (Lipinski definition) is 0. The molecule has 0 radical (unpaired) electrons. The Kier molecular flexibility index (Phi) is 5.48. The first-order valence-corrected chi connectivity index (χ1v) is 6.30. The van der Waals surface area contributed by atoms with E-state index in [0.717, 1.165) is 5.56 Å². The number of nitro groups is 1. The molecule has 5 nitrogen and oxygen atoms in total. The number of hydrogen-bond acceptors (Lipinski definition) is 4. The van der Waals surface area contributed by atoms with E-state index in [-0.39, 0.29) is 24.0 Å². The van der Waals surface area contributed by atoms with Crippen molar-refractivity contribution in [1.82, 2.24) is 0 Å². The zero-order chi connectivity index (χ0) is 14.4. The molecule has 1 rings (SSSR count). The first-order chi connectivity index (χ1) is 8.90. The van der Waals surface area contributed by atoms with E-state index in [1.54, 1.807) is 12.1 Å². The summed E-state index contributed by atoms with van der Waals surface area (Å²) in [5.41, 5.74) is 0.949. The number of non-ortho nitro benzene ring substituents is 1. The average molecular weight is 265 g/mol. The van der Waals surface area contributed by atoms with Gasteiger partial charge in [-0.3, -0.25) is 14.9 Å². The average Bonchev–Trinajstić information content (AvgIpc) is 2.36. The summed E-state index contributed by atoms with van der Waals surface area (Å²) in [4.78, 5) is 21.7. The summed E-state index contributed by atoms with van der Waals surface area (Å²) < 4.78 is 5.11. The highest BCUT2D eigenvalue weighted by Gasteiger charge is 2.14. The van der Waals surface area contributed by atoms with Crippen LogP contribution in [-0.2, 0) is 9.53 Å². The quantitative estimate of drug-likeness (QED) is 0.449. The Morgan fingerprint density at radius 1 is 1.26 bits per heavy atom. The molecule has 0 N–H and O–H groups in total. The van der Waals surface area contributed by atoms with Crippen molar-refractivity contribution in [1.29, 1.82) is 0 Å². The zero-order valence-corrected chi connectivity index (χ0v) is 11.5.